The van der Waals surface area contributed by atoms with Gasteiger partial charge in [-0.3, -0.25) is 0 Å². The Hall–Kier alpha value is 0.120. The number of nitrogens with zero attached hydrogens (tertiary/aromatic N) is 2. The van der Waals surface area contributed by atoms with E-state index in [-0.39, 0.29) is 62.7 Å². The summed E-state index contributed by atoms with van der Waals surface area (Å²) in [5.41, 5.74) is 0. The summed E-state index contributed by atoms with van der Waals surface area (Å²) >= 11 is 0. The Kier molecular flexibility index (Phi) is 68.4. The van der Waals surface area contributed by atoms with Gasteiger partial charge in [0.2, 0.25) is 0 Å². The first-order valence-corrected chi connectivity index (χ1v) is 32.1. The van der Waals surface area contributed by atoms with Gasteiger partial charge in [0.05, 0.1) is 0 Å². The number of hydrogen-bond acceptors (Lipinski definition) is 6. The van der Waals surface area contributed by atoms with Crippen molar-refractivity contribution in [1.82, 2.24) is 9.80 Å². The first-order valence-electron chi connectivity index (χ1n) is 32.1. The number of hydrogen-bond donors (Lipinski definition) is 0. The molecule has 0 rings (SSSR count). The van der Waals surface area contributed by atoms with Crippen LogP contribution in [0.3, 0.4) is 0 Å². The molecular weight excluding hydrogens is 901 g/mol. The molecule has 2 atom stereocenters. The second-order valence-electron chi connectivity index (χ2n) is 22.5. The van der Waals surface area contributed by atoms with Crippen LogP contribution in [-0.4, -0.2) is 97.7 Å². The summed E-state index contributed by atoms with van der Waals surface area (Å²) in [6, 6.07) is 0.195. The molecule has 0 aromatic rings. The molecule has 0 aromatic carbocycles. The molecule has 0 fully saturated rings. The molecule has 0 N–H and O–H groups in total. The van der Waals surface area contributed by atoms with E-state index in [1.807, 2.05) is 0 Å². The molecule has 0 radical (unpaired) electrons. The third kappa shape index (κ3) is 62.6. The average Bonchev–Trinajstić information content (AvgIpc) is 3.33. The van der Waals surface area contributed by atoms with Crippen LogP contribution in [0.1, 0.15) is 363 Å². The van der Waals surface area contributed by atoms with Gasteiger partial charge in [0.15, 0.2) is 0 Å². The monoisotopic (exact) mass is 1030 g/mol. The summed E-state index contributed by atoms with van der Waals surface area (Å²) in [6.45, 7) is 17.4. The van der Waals surface area contributed by atoms with Crippen LogP contribution in [-0.2, 0) is 9.59 Å². The first-order chi connectivity index (χ1) is 34.2. The molecule has 0 aromatic heterocycles. The van der Waals surface area contributed by atoms with E-state index in [1.165, 1.54) is 308 Å². The maximum Gasteiger partial charge on any atom is 2.00 e. The number of aliphatic carboxylic acids is 2. The van der Waals surface area contributed by atoms with Crippen molar-refractivity contribution in [1.29, 1.82) is 0 Å². The van der Waals surface area contributed by atoms with E-state index in [4.69, 9.17) is 0 Å². The molecule has 0 aliphatic heterocycles. The predicted octanol–water partition coefficient (Wildman–Crippen LogP) is 18.1. The van der Waals surface area contributed by atoms with Crippen molar-refractivity contribution in [3.8, 4) is 0 Å². The predicted molar refractivity (Wildman–Crippen MR) is 311 cm³/mol. The Morgan fingerprint density at radius 3 is 0.521 bits per heavy atom. The zero-order chi connectivity index (χ0) is 51.6. The molecule has 0 saturated carbocycles. The minimum absolute atomic E-state index is 0. The Morgan fingerprint density at radius 1 is 0.268 bits per heavy atom. The van der Waals surface area contributed by atoms with Gasteiger partial charge >= 0.3 is 37.7 Å². The van der Waals surface area contributed by atoms with Crippen LogP contribution in [0.25, 0.3) is 0 Å². The summed E-state index contributed by atoms with van der Waals surface area (Å²) in [4.78, 5) is 27.1. The van der Waals surface area contributed by atoms with Crippen molar-refractivity contribution >= 4 is 49.7 Å². The van der Waals surface area contributed by atoms with Crippen molar-refractivity contribution in [2.24, 2.45) is 0 Å². The largest absolute Gasteiger partial charge is 2.00 e. The van der Waals surface area contributed by atoms with Gasteiger partial charge in [-0.1, -0.05) is 310 Å². The van der Waals surface area contributed by atoms with E-state index in [2.05, 4.69) is 51.3 Å². The van der Waals surface area contributed by atoms with Gasteiger partial charge in [-0.2, -0.15) is 0 Å². The molecule has 2 unspecified atom stereocenters. The second-order valence-corrected chi connectivity index (χ2v) is 22.5. The van der Waals surface area contributed by atoms with Gasteiger partial charge in [-0.05, 0) is 65.7 Å². The van der Waals surface area contributed by atoms with Gasteiger partial charge in [-0.25, -0.2) is 0 Å². The normalized spacial score (nSPS) is 12.3. The van der Waals surface area contributed by atoms with E-state index >= 15 is 0 Å². The van der Waals surface area contributed by atoms with Gasteiger partial charge in [0.25, 0.3) is 0 Å². The Morgan fingerprint density at radius 2 is 0.394 bits per heavy atom. The van der Waals surface area contributed by atoms with E-state index in [1.54, 1.807) is 0 Å². The fraction of sp³-hybridized carbons (Fsp3) is 0.969. The van der Waals surface area contributed by atoms with Crippen LogP contribution in [0.5, 0.6) is 0 Å². The van der Waals surface area contributed by atoms with Crippen LogP contribution in [0, 0.1) is 0 Å². The minimum atomic E-state index is -0.910. The first kappa shape index (κ1) is 75.4. The van der Waals surface area contributed by atoms with Crippen molar-refractivity contribution in [3.05, 3.63) is 0 Å². The Balaban J connectivity index is -0.00000128. The molecular formula is C64H128CaN2O4. The SMILES string of the molecule is CCCCCCCCCCCCCCN(CCCCCCCCCCCCCC)C(C)CC(=O)[O-].CCCCCCCCCCCCCCN(CCCCCCCCCCCCCC)C(C)CC(=O)[O-].[Ca+2]. The Labute approximate surface area is 476 Å². The summed E-state index contributed by atoms with van der Waals surface area (Å²) in [5.74, 6) is -1.82. The molecule has 71 heavy (non-hydrogen) atoms. The fourth-order valence-electron chi connectivity index (χ4n) is 10.5. The molecule has 0 heterocycles. The fourth-order valence-corrected chi connectivity index (χ4v) is 10.5. The molecule has 0 spiro atoms. The average molecular weight is 1030 g/mol. The van der Waals surface area contributed by atoms with Gasteiger partial charge < -0.3 is 29.6 Å². The van der Waals surface area contributed by atoms with E-state index in [0.717, 1.165) is 26.2 Å². The topological polar surface area (TPSA) is 86.7 Å². The number of carbonyl (C=O) groups is 2. The van der Waals surface area contributed by atoms with Crippen molar-refractivity contribution in [2.75, 3.05) is 26.2 Å². The summed E-state index contributed by atoms with van der Waals surface area (Å²) in [7, 11) is 0. The van der Waals surface area contributed by atoms with Crippen LogP contribution >= 0.6 is 0 Å². The van der Waals surface area contributed by atoms with E-state index in [9.17, 15) is 19.8 Å². The van der Waals surface area contributed by atoms with E-state index in [0.29, 0.717) is 0 Å². The zero-order valence-electron chi connectivity index (χ0n) is 49.6. The molecule has 0 aliphatic carbocycles. The van der Waals surface area contributed by atoms with Crippen LogP contribution in [0.15, 0.2) is 0 Å². The quantitative estimate of drug-likeness (QED) is 0.0446. The molecule has 0 amide bonds. The van der Waals surface area contributed by atoms with Gasteiger partial charge in [-0.15, -0.1) is 0 Å². The van der Waals surface area contributed by atoms with Gasteiger partial charge in [0, 0.05) is 36.9 Å². The van der Waals surface area contributed by atoms with Crippen molar-refractivity contribution in [2.45, 2.75) is 375 Å². The maximum absolute atomic E-state index is 11.1. The zero-order valence-corrected chi connectivity index (χ0v) is 51.8. The molecule has 0 saturated heterocycles. The van der Waals surface area contributed by atoms with Crippen LogP contribution in [0.4, 0.5) is 0 Å². The number of carboxylic acids is 2. The van der Waals surface area contributed by atoms with E-state index < -0.39 is 11.9 Å². The number of rotatable bonds is 58. The number of unbranched alkanes of at least 4 members (excludes halogenated alkanes) is 44. The summed E-state index contributed by atoms with van der Waals surface area (Å²) in [5, 5.41) is 22.3. The third-order valence-corrected chi connectivity index (χ3v) is 15.4. The summed E-state index contributed by atoms with van der Waals surface area (Å²) in [6.07, 6.45) is 65.8. The smallest absolute Gasteiger partial charge is 0.550 e. The molecule has 0 bridgehead atoms. The molecule has 6 nitrogen and oxygen atoms in total. The molecule has 7 heteroatoms. The summed E-state index contributed by atoms with van der Waals surface area (Å²) < 4.78 is 0. The maximum atomic E-state index is 11.1. The third-order valence-electron chi connectivity index (χ3n) is 15.4. The number of carbonyl (C=O) groups excluding carboxylic acids is 2. The molecule has 0 aliphatic rings. The van der Waals surface area contributed by atoms with Gasteiger partial charge in [0.1, 0.15) is 0 Å². The van der Waals surface area contributed by atoms with Crippen molar-refractivity contribution < 1.29 is 19.8 Å². The standard InChI is InChI=1S/2C32H65NO2.Ca/c2*1-4-6-8-10-12-14-16-18-20-22-24-26-28-33(31(3)30-32(34)35)29-27-25-23-21-19-17-15-13-11-9-7-5-2;/h2*31H,4-30H2,1-3H3,(H,34,35);/q;;+2/p-2. The second kappa shape index (κ2) is 64.4. The van der Waals surface area contributed by atoms with Crippen LogP contribution < -0.4 is 10.2 Å². The Bertz CT molecular complexity index is 881. The molecule has 420 valence electrons. The van der Waals surface area contributed by atoms with Crippen molar-refractivity contribution in [3.63, 3.8) is 0 Å². The number of carboxylic acid groups (broad SMARTS) is 2. The minimum Gasteiger partial charge on any atom is -0.550 e. The van der Waals surface area contributed by atoms with Crippen LogP contribution in [0.2, 0.25) is 0 Å².